The lowest BCUT2D eigenvalue weighted by Crippen LogP contribution is -2.33. The number of nitrogens with one attached hydrogen (secondary N) is 1. The summed E-state index contributed by atoms with van der Waals surface area (Å²) in [6, 6.07) is 6.22. The molecule has 2 nitrogen and oxygen atoms in total. The first-order valence-electron chi connectivity index (χ1n) is 7.07. The van der Waals surface area contributed by atoms with E-state index in [2.05, 4.69) is 54.2 Å². The second-order valence-electron chi connectivity index (χ2n) is 5.48. The van der Waals surface area contributed by atoms with Crippen LogP contribution in [0.25, 0.3) is 0 Å². The molecule has 1 aromatic rings. The normalized spacial score (nSPS) is 14.2. The highest BCUT2D eigenvalue weighted by atomic mass is 79.9. The summed E-state index contributed by atoms with van der Waals surface area (Å²) in [5.74, 6) is 0.931. The van der Waals surface area contributed by atoms with E-state index in [-0.39, 0.29) is 0 Å². The van der Waals surface area contributed by atoms with Gasteiger partial charge in [-0.2, -0.15) is 0 Å². The Kier molecular flexibility index (Phi) is 6.87. The minimum Gasteiger partial charge on any atom is -0.497 e. The van der Waals surface area contributed by atoms with Crippen LogP contribution >= 0.6 is 15.9 Å². The Morgan fingerprint density at radius 2 is 2.05 bits per heavy atom. The number of benzene rings is 1. The first kappa shape index (κ1) is 16.5. The molecule has 1 rings (SSSR count). The van der Waals surface area contributed by atoms with Gasteiger partial charge in [0.25, 0.3) is 0 Å². The van der Waals surface area contributed by atoms with Crippen LogP contribution in [0.4, 0.5) is 0 Å². The lowest BCUT2D eigenvalue weighted by atomic mass is 9.79. The van der Waals surface area contributed by atoms with Crippen molar-refractivity contribution in [1.82, 2.24) is 5.32 Å². The zero-order chi connectivity index (χ0) is 14.3. The molecule has 0 saturated heterocycles. The van der Waals surface area contributed by atoms with E-state index < -0.39 is 0 Å². The van der Waals surface area contributed by atoms with Crippen molar-refractivity contribution < 1.29 is 4.74 Å². The minimum absolute atomic E-state index is 0.291. The van der Waals surface area contributed by atoms with Crippen LogP contribution in [0, 0.1) is 5.41 Å². The molecule has 0 aliphatic carbocycles. The Morgan fingerprint density at radius 1 is 1.32 bits per heavy atom. The van der Waals surface area contributed by atoms with E-state index in [0.29, 0.717) is 5.41 Å². The molecule has 108 valence electrons. The van der Waals surface area contributed by atoms with Crippen LogP contribution in [0.5, 0.6) is 5.75 Å². The van der Waals surface area contributed by atoms with Gasteiger partial charge in [-0.15, -0.1) is 0 Å². The molecule has 3 heteroatoms. The van der Waals surface area contributed by atoms with Gasteiger partial charge in [-0.3, -0.25) is 0 Å². The predicted octanol–water partition coefficient (Wildman–Crippen LogP) is 4.42. The summed E-state index contributed by atoms with van der Waals surface area (Å²) in [5.41, 5.74) is 1.62. The van der Waals surface area contributed by atoms with Crippen molar-refractivity contribution in [2.45, 2.75) is 40.0 Å². The number of ether oxygens (including phenoxy) is 1. The molecule has 1 aromatic carbocycles. The maximum atomic E-state index is 5.33. The summed E-state index contributed by atoms with van der Waals surface area (Å²) >= 11 is 3.66. The van der Waals surface area contributed by atoms with Gasteiger partial charge in [0.1, 0.15) is 5.75 Å². The van der Waals surface area contributed by atoms with Crippen LogP contribution in [0.1, 0.15) is 39.2 Å². The second-order valence-corrected chi connectivity index (χ2v) is 6.33. The Labute approximate surface area is 126 Å². The molecule has 0 heterocycles. The van der Waals surface area contributed by atoms with Crippen molar-refractivity contribution in [2.24, 2.45) is 5.41 Å². The average molecular weight is 328 g/mol. The van der Waals surface area contributed by atoms with E-state index in [0.717, 1.165) is 25.3 Å². The van der Waals surface area contributed by atoms with E-state index in [1.165, 1.54) is 22.9 Å². The zero-order valence-electron chi connectivity index (χ0n) is 12.6. The van der Waals surface area contributed by atoms with Crippen LogP contribution < -0.4 is 10.1 Å². The summed E-state index contributed by atoms with van der Waals surface area (Å²) in [6.45, 7) is 8.86. The lowest BCUT2D eigenvalue weighted by molar-refractivity contribution is 0.277. The van der Waals surface area contributed by atoms with Crippen LogP contribution in [-0.2, 0) is 6.42 Å². The minimum atomic E-state index is 0.291. The Morgan fingerprint density at radius 3 is 2.63 bits per heavy atom. The zero-order valence-corrected chi connectivity index (χ0v) is 14.1. The van der Waals surface area contributed by atoms with Crippen LogP contribution in [-0.4, -0.2) is 20.2 Å². The molecule has 0 amide bonds. The van der Waals surface area contributed by atoms with E-state index in [9.17, 15) is 0 Å². The summed E-state index contributed by atoms with van der Waals surface area (Å²) < 4.78 is 6.50. The smallest absolute Gasteiger partial charge is 0.119 e. The largest absolute Gasteiger partial charge is 0.497 e. The molecular weight excluding hydrogens is 302 g/mol. The molecule has 0 saturated carbocycles. The molecule has 0 aromatic heterocycles. The van der Waals surface area contributed by atoms with Gasteiger partial charge in [-0.05, 0) is 48.6 Å². The average Bonchev–Trinajstić information content (AvgIpc) is 2.39. The third kappa shape index (κ3) is 5.15. The molecular formula is C16H26BrNO. The van der Waals surface area contributed by atoms with Gasteiger partial charge in [-0.1, -0.05) is 43.1 Å². The van der Waals surface area contributed by atoms with Gasteiger partial charge < -0.3 is 10.1 Å². The van der Waals surface area contributed by atoms with Crippen LogP contribution in [0.2, 0.25) is 0 Å². The highest BCUT2D eigenvalue weighted by molar-refractivity contribution is 9.10. The van der Waals surface area contributed by atoms with Gasteiger partial charge >= 0.3 is 0 Å². The number of hydrogen-bond donors (Lipinski definition) is 1. The van der Waals surface area contributed by atoms with Gasteiger partial charge in [0.05, 0.1) is 7.11 Å². The maximum absolute atomic E-state index is 5.33. The third-order valence-corrected chi connectivity index (χ3v) is 4.30. The Balaban J connectivity index is 2.88. The van der Waals surface area contributed by atoms with Gasteiger partial charge in [0.2, 0.25) is 0 Å². The Hall–Kier alpha value is -0.540. The number of hydrogen-bond acceptors (Lipinski definition) is 2. The second kappa shape index (κ2) is 7.91. The highest BCUT2D eigenvalue weighted by Gasteiger charge is 2.24. The lowest BCUT2D eigenvalue weighted by Gasteiger charge is -2.30. The summed E-state index contributed by atoms with van der Waals surface area (Å²) in [6.07, 6.45) is 3.50. The molecule has 0 radical (unpaired) electrons. The van der Waals surface area contributed by atoms with Crippen molar-refractivity contribution in [2.75, 3.05) is 20.2 Å². The van der Waals surface area contributed by atoms with Crippen molar-refractivity contribution in [3.63, 3.8) is 0 Å². The highest BCUT2D eigenvalue weighted by Crippen LogP contribution is 2.32. The monoisotopic (exact) mass is 327 g/mol. The maximum Gasteiger partial charge on any atom is 0.119 e. The summed E-state index contributed by atoms with van der Waals surface area (Å²) in [5, 5.41) is 3.50. The third-order valence-electron chi connectivity index (χ3n) is 3.53. The fourth-order valence-corrected chi connectivity index (χ4v) is 2.93. The molecule has 1 unspecified atom stereocenters. The first-order chi connectivity index (χ1) is 9.04. The van der Waals surface area contributed by atoms with Crippen LogP contribution in [0.3, 0.4) is 0 Å². The molecule has 0 bridgehead atoms. The fraction of sp³-hybridized carbons (Fsp3) is 0.625. The fourth-order valence-electron chi connectivity index (χ4n) is 2.54. The standard InChI is InChI=1S/C16H26BrNO/c1-5-9-16(3,12-18-6-2)11-13-10-14(19-4)7-8-15(13)17/h7-8,10,18H,5-6,9,11-12H2,1-4H3. The predicted molar refractivity (Wildman–Crippen MR) is 86.0 cm³/mol. The van der Waals surface area contributed by atoms with Crippen molar-refractivity contribution in [3.8, 4) is 5.75 Å². The molecule has 0 fully saturated rings. The molecule has 0 aliphatic heterocycles. The number of halogens is 1. The SMILES string of the molecule is CCCC(C)(CNCC)Cc1cc(OC)ccc1Br. The number of rotatable bonds is 8. The van der Waals surface area contributed by atoms with Crippen molar-refractivity contribution in [3.05, 3.63) is 28.2 Å². The summed E-state index contributed by atoms with van der Waals surface area (Å²) in [4.78, 5) is 0. The summed E-state index contributed by atoms with van der Waals surface area (Å²) in [7, 11) is 1.72. The van der Waals surface area contributed by atoms with E-state index in [4.69, 9.17) is 4.74 Å². The molecule has 19 heavy (non-hydrogen) atoms. The van der Waals surface area contributed by atoms with E-state index in [1.807, 2.05) is 6.07 Å². The van der Waals surface area contributed by atoms with Crippen LogP contribution in [0.15, 0.2) is 22.7 Å². The van der Waals surface area contributed by atoms with Gasteiger partial charge in [-0.25, -0.2) is 0 Å². The molecule has 0 aliphatic rings. The van der Waals surface area contributed by atoms with Gasteiger partial charge in [0.15, 0.2) is 0 Å². The topological polar surface area (TPSA) is 21.3 Å². The van der Waals surface area contributed by atoms with Crippen molar-refractivity contribution in [1.29, 1.82) is 0 Å². The van der Waals surface area contributed by atoms with E-state index >= 15 is 0 Å². The quantitative estimate of drug-likeness (QED) is 0.763. The van der Waals surface area contributed by atoms with Crippen molar-refractivity contribution >= 4 is 15.9 Å². The number of methoxy groups -OCH3 is 1. The first-order valence-corrected chi connectivity index (χ1v) is 7.87. The molecule has 0 spiro atoms. The van der Waals surface area contributed by atoms with E-state index in [1.54, 1.807) is 7.11 Å². The molecule has 1 atom stereocenters. The van der Waals surface area contributed by atoms with Gasteiger partial charge in [0, 0.05) is 11.0 Å². The molecule has 1 N–H and O–H groups in total. The Bertz CT molecular complexity index is 394.